The summed E-state index contributed by atoms with van der Waals surface area (Å²) in [4.78, 5) is 16.2. The van der Waals surface area contributed by atoms with Crippen molar-refractivity contribution in [2.24, 2.45) is 0 Å². The first kappa shape index (κ1) is 16.7. The number of quaternary nitrogens is 1. The van der Waals surface area contributed by atoms with Gasteiger partial charge < -0.3 is 14.5 Å². The second kappa shape index (κ2) is 8.08. The van der Waals surface area contributed by atoms with E-state index < -0.39 is 0 Å². The number of nitrogens with one attached hydrogen (secondary N) is 1. The molecule has 3 rings (SSSR count). The van der Waals surface area contributed by atoms with Crippen molar-refractivity contribution in [2.45, 2.75) is 13.5 Å². The molecule has 0 aromatic heterocycles. The number of anilines is 1. The van der Waals surface area contributed by atoms with Crippen LogP contribution in [0.1, 0.15) is 11.1 Å². The van der Waals surface area contributed by atoms with E-state index in [4.69, 9.17) is 4.74 Å². The van der Waals surface area contributed by atoms with Crippen LogP contribution < -0.4 is 9.80 Å². The van der Waals surface area contributed by atoms with E-state index in [0.717, 1.165) is 43.1 Å². The second-order valence-electron chi connectivity index (χ2n) is 6.34. The molecule has 1 aliphatic heterocycles. The third-order valence-corrected chi connectivity index (χ3v) is 4.40. The topological polar surface area (TPSA) is 34.0 Å². The highest BCUT2D eigenvalue weighted by Gasteiger charge is 2.23. The average Bonchev–Trinajstić information content (AvgIpc) is 2.61. The fraction of sp³-hybridized carbons (Fsp3) is 0.350. The van der Waals surface area contributed by atoms with Crippen LogP contribution in [0.3, 0.4) is 0 Å². The van der Waals surface area contributed by atoms with Crippen LogP contribution in [-0.2, 0) is 16.1 Å². The van der Waals surface area contributed by atoms with Crippen LogP contribution in [0.15, 0.2) is 54.6 Å². The first-order valence-electron chi connectivity index (χ1n) is 8.54. The third kappa shape index (κ3) is 4.43. The molecule has 2 aromatic rings. The predicted octanol–water partition coefficient (Wildman–Crippen LogP) is 1.44. The van der Waals surface area contributed by atoms with Gasteiger partial charge in [-0.2, -0.15) is 0 Å². The number of benzene rings is 2. The molecule has 0 unspecified atom stereocenters. The van der Waals surface area contributed by atoms with Gasteiger partial charge >= 0.3 is 0 Å². The maximum atomic E-state index is 13.0. The van der Waals surface area contributed by atoms with E-state index in [-0.39, 0.29) is 5.91 Å². The molecular weight excluding hydrogens is 300 g/mol. The van der Waals surface area contributed by atoms with Gasteiger partial charge in [0.1, 0.15) is 13.1 Å². The normalized spacial score (nSPS) is 15.2. The van der Waals surface area contributed by atoms with Crippen LogP contribution in [-0.4, -0.2) is 38.8 Å². The molecule has 1 saturated heterocycles. The number of hydrogen-bond donors (Lipinski definition) is 1. The van der Waals surface area contributed by atoms with E-state index >= 15 is 0 Å². The van der Waals surface area contributed by atoms with E-state index in [2.05, 4.69) is 31.2 Å². The molecule has 1 amide bonds. The van der Waals surface area contributed by atoms with Gasteiger partial charge in [-0.25, -0.2) is 0 Å². The van der Waals surface area contributed by atoms with Crippen molar-refractivity contribution in [3.05, 3.63) is 65.7 Å². The highest BCUT2D eigenvalue weighted by Crippen LogP contribution is 2.18. The van der Waals surface area contributed by atoms with Gasteiger partial charge in [-0.1, -0.05) is 42.5 Å². The maximum absolute atomic E-state index is 13.0. The molecule has 126 valence electrons. The summed E-state index contributed by atoms with van der Waals surface area (Å²) in [6.07, 6.45) is 0. The third-order valence-electron chi connectivity index (χ3n) is 4.40. The predicted molar refractivity (Wildman–Crippen MR) is 95.2 cm³/mol. The zero-order valence-electron chi connectivity index (χ0n) is 14.2. The summed E-state index contributed by atoms with van der Waals surface area (Å²) in [5.41, 5.74) is 3.28. The molecule has 24 heavy (non-hydrogen) atoms. The van der Waals surface area contributed by atoms with Gasteiger partial charge in [0.15, 0.2) is 6.54 Å². The van der Waals surface area contributed by atoms with Gasteiger partial charge in [-0.05, 0) is 30.2 Å². The Balaban J connectivity index is 1.79. The van der Waals surface area contributed by atoms with Crippen LogP contribution in [0.2, 0.25) is 0 Å². The number of amides is 1. The monoisotopic (exact) mass is 325 g/mol. The summed E-state index contributed by atoms with van der Waals surface area (Å²) in [6, 6.07) is 18.3. The first-order valence-corrected chi connectivity index (χ1v) is 8.54. The molecular formula is C20H25N2O2+. The Bertz CT molecular complexity index is 666. The number of carbonyl (C=O) groups is 1. The van der Waals surface area contributed by atoms with Crippen LogP contribution in [0.4, 0.5) is 5.69 Å². The summed E-state index contributed by atoms with van der Waals surface area (Å²) >= 11 is 0. The molecule has 1 aliphatic rings. The Kier molecular flexibility index (Phi) is 5.62. The van der Waals surface area contributed by atoms with Crippen molar-refractivity contribution in [3.63, 3.8) is 0 Å². The van der Waals surface area contributed by atoms with Gasteiger partial charge in [0.05, 0.1) is 19.8 Å². The minimum absolute atomic E-state index is 0.168. The largest absolute Gasteiger partial charge is 0.370 e. The quantitative estimate of drug-likeness (QED) is 0.903. The summed E-state index contributed by atoms with van der Waals surface area (Å²) < 4.78 is 5.39. The van der Waals surface area contributed by atoms with Crippen molar-refractivity contribution in [2.75, 3.05) is 37.7 Å². The van der Waals surface area contributed by atoms with E-state index in [9.17, 15) is 4.79 Å². The molecule has 2 aromatic carbocycles. The van der Waals surface area contributed by atoms with Crippen LogP contribution in [0.5, 0.6) is 0 Å². The summed E-state index contributed by atoms with van der Waals surface area (Å²) in [5, 5.41) is 0. The van der Waals surface area contributed by atoms with Crippen LogP contribution in [0.25, 0.3) is 0 Å². The lowest BCUT2D eigenvalue weighted by Crippen LogP contribution is -3.15. The smallest absolute Gasteiger partial charge is 0.282 e. The van der Waals surface area contributed by atoms with E-state index in [1.807, 2.05) is 35.2 Å². The summed E-state index contributed by atoms with van der Waals surface area (Å²) in [6.45, 7) is 6.47. The molecule has 0 atom stereocenters. The lowest BCUT2D eigenvalue weighted by Gasteiger charge is -2.28. The molecule has 0 saturated carbocycles. The van der Waals surface area contributed by atoms with Gasteiger partial charge in [-0.15, -0.1) is 0 Å². The lowest BCUT2D eigenvalue weighted by molar-refractivity contribution is -0.900. The second-order valence-corrected chi connectivity index (χ2v) is 6.34. The SMILES string of the molecule is Cc1cccc(N(Cc2ccccc2)C(=O)C[NH+]2CCOCC2)c1. The summed E-state index contributed by atoms with van der Waals surface area (Å²) in [7, 11) is 0. The highest BCUT2D eigenvalue weighted by atomic mass is 16.5. The highest BCUT2D eigenvalue weighted by molar-refractivity contribution is 5.94. The van der Waals surface area contributed by atoms with Crippen molar-refractivity contribution < 1.29 is 14.4 Å². The maximum Gasteiger partial charge on any atom is 0.282 e. The number of ether oxygens (including phenoxy) is 1. The fourth-order valence-corrected chi connectivity index (χ4v) is 3.03. The van der Waals surface area contributed by atoms with Crippen molar-refractivity contribution >= 4 is 11.6 Å². The average molecular weight is 325 g/mol. The molecule has 4 nitrogen and oxygen atoms in total. The molecule has 0 aliphatic carbocycles. The summed E-state index contributed by atoms with van der Waals surface area (Å²) in [5.74, 6) is 0.168. The van der Waals surface area contributed by atoms with Crippen molar-refractivity contribution in [3.8, 4) is 0 Å². The fourth-order valence-electron chi connectivity index (χ4n) is 3.03. The number of rotatable bonds is 5. The number of nitrogens with zero attached hydrogens (tertiary/aromatic N) is 1. The first-order chi connectivity index (χ1) is 11.7. The van der Waals surface area contributed by atoms with E-state index in [1.54, 1.807) is 0 Å². The van der Waals surface area contributed by atoms with Gasteiger partial charge in [0, 0.05) is 5.69 Å². The van der Waals surface area contributed by atoms with Crippen molar-refractivity contribution in [1.29, 1.82) is 0 Å². The zero-order valence-corrected chi connectivity index (χ0v) is 14.2. The minimum Gasteiger partial charge on any atom is -0.370 e. The van der Waals surface area contributed by atoms with Crippen LogP contribution in [0, 0.1) is 6.92 Å². The Labute approximate surface area is 143 Å². The van der Waals surface area contributed by atoms with E-state index in [1.165, 1.54) is 4.90 Å². The van der Waals surface area contributed by atoms with Crippen LogP contribution >= 0.6 is 0 Å². The van der Waals surface area contributed by atoms with Gasteiger partial charge in [0.2, 0.25) is 0 Å². The zero-order chi connectivity index (χ0) is 16.8. The minimum atomic E-state index is 0.168. The molecule has 0 spiro atoms. The Morgan fingerprint density at radius 3 is 2.54 bits per heavy atom. The number of carbonyl (C=O) groups excluding carboxylic acids is 1. The van der Waals surface area contributed by atoms with Gasteiger partial charge in [-0.3, -0.25) is 4.79 Å². The van der Waals surface area contributed by atoms with Gasteiger partial charge in [0.25, 0.3) is 5.91 Å². The van der Waals surface area contributed by atoms with E-state index in [0.29, 0.717) is 13.1 Å². The Hall–Kier alpha value is -2.17. The Morgan fingerprint density at radius 2 is 1.83 bits per heavy atom. The molecule has 1 fully saturated rings. The number of aryl methyl sites for hydroxylation is 1. The molecule has 1 N–H and O–H groups in total. The molecule has 0 radical (unpaired) electrons. The Morgan fingerprint density at radius 1 is 1.08 bits per heavy atom. The van der Waals surface area contributed by atoms with Crippen molar-refractivity contribution in [1.82, 2.24) is 0 Å². The molecule has 1 heterocycles. The number of morpholine rings is 1. The standard InChI is InChI=1S/C20H24N2O2/c1-17-6-5-9-19(14-17)22(15-18-7-3-2-4-8-18)20(23)16-21-10-12-24-13-11-21/h2-9,14H,10-13,15-16H2,1H3/p+1. The molecule has 0 bridgehead atoms. The molecule has 4 heteroatoms. The lowest BCUT2D eigenvalue weighted by atomic mass is 10.1. The number of hydrogen-bond acceptors (Lipinski definition) is 2.